The summed E-state index contributed by atoms with van der Waals surface area (Å²) in [6, 6.07) is 19.6. The van der Waals surface area contributed by atoms with Crippen molar-refractivity contribution < 1.29 is 0 Å². The Balaban J connectivity index is 2.01. The molecular weight excluding hydrogens is 320 g/mol. The van der Waals surface area contributed by atoms with Crippen LogP contribution in [-0.2, 0) is 5.41 Å². The molecule has 0 aliphatic heterocycles. The molecule has 1 aliphatic carbocycles. The predicted molar refractivity (Wildman–Crippen MR) is 102 cm³/mol. The third kappa shape index (κ3) is 1.67. The molecule has 1 aromatic heterocycles. The Kier molecular flexibility index (Phi) is 2.58. The van der Waals surface area contributed by atoms with Gasteiger partial charge in [-0.05, 0) is 46.5 Å². The van der Waals surface area contributed by atoms with Gasteiger partial charge in [-0.25, -0.2) is 0 Å². The first-order chi connectivity index (χ1) is 11.1. The van der Waals surface area contributed by atoms with E-state index in [1.54, 1.807) is 0 Å². The lowest BCUT2D eigenvalue weighted by molar-refractivity contribution is 0.667. The Morgan fingerprint density at radius 2 is 1.70 bits per heavy atom. The number of fused-ring (bicyclic) bond motifs is 7. The second-order valence-electron chi connectivity index (χ2n) is 6.77. The Hall–Kier alpha value is -1.83. The maximum absolute atomic E-state index is 6.28. The summed E-state index contributed by atoms with van der Waals surface area (Å²) in [5.41, 5.74) is 5.45. The van der Waals surface area contributed by atoms with Crippen LogP contribution < -0.4 is 0 Å². The fraction of sp³-hybridized carbons (Fsp3) is 0.143. The number of hydrogen-bond donors (Lipinski definition) is 0. The second-order valence-corrected chi connectivity index (χ2v) is 8.29. The molecular formula is C21H15ClS. The SMILES string of the molecule is CC1(C)c2ccc(Cl)cc2-c2ccc3sc4ccccc4c3c21. The first kappa shape index (κ1) is 13.6. The van der Waals surface area contributed by atoms with Gasteiger partial charge < -0.3 is 0 Å². The fourth-order valence-corrected chi connectivity index (χ4v) is 5.40. The molecule has 0 fully saturated rings. The van der Waals surface area contributed by atoms with Crippen molar-refractivity contribution in [2.45, 2.75) is 19.3 Å². The van der Waals surface area contributed by atoms with Gasteiger partial charge in [0.25, 0.3) is 0 Å². The van der Waals surface area contributed by atoms with Gasteiger partial charge in [0.15, 0.2) is 0 Å². The molecule has 4 aromatic rings. The van der Waals surface area contributed by atoms with Gasteiger partial charge in [0.1, 0.15) is 0 Å². The van der Waals surface area contributed by atoms with E-state index >= 15 is 0 Å². The number of benzene rings is 3. The van der Waals surface area contributed by atoms with Crippen LogP contribution in [0.3, 0.4) is 0 Å². The number of thiophene rings is 1. The third-order valence-electron chi connectivity index (χ3n) is 5.11. The van der Waals surface area contributed by atoms with Crippen LogP contribution in [0, 0.1) is 0 Å². The molecule has 0 N–H and O–H groups in total. The van der Waals surface area contributed by atoms with Crippen molar-refractivity contribution in [1.29, 1.82) is 0 Å². The third-order valence-corrected chi connectivity index (χ3v) is 6.48. The number of halogens is 1. The van der Waals surface area contributed by atoms with Crippen molar-refractivity contribution in [2.24, 2.45) is 0 Å². The first-order valence-corrected chi connectivity index (χ1v) is 9.02. The molecule has 3 aromatic carbocycles. The molecule has 0 atom stereocenters. The summed E-state index contributed by atoms with van der Waals surface area (Å²) in [4.78, 5) is 0. The molecule has 5 rings (SSSR count). The lowest BCUT2D eigenvalue weighted by Crippen LogP contribution is -2.15. The summed E-state index contributed by atoms with van der Waals surface area (Å²) in [7, 11) is 0. The lowest BCUT2D eigenvalue weighted by Gasteiger charge is -2.22. The van der Waals surface area contributed by atoms with Crippen LogP contribution in [0.25, 0.3) is 31.3 Å². The average Bonchev–Trinajstić information content (AvgIpc) is 3.01. The van der Waals surface area contributed by atoms with E-state index in [9.17, 15) is 0 Å². The first-order valence-electron chi connectivity index (χ1n) is 7.82. The van der Waals surface area contributed by atoms with Crippen LogP contribution in [0.4, 0.5) is 0 Å². The minimum Gasteiger partial charge on any atom is -0.135 e. The summed E-state index contributed by atoms with van der Waals surface area (Å²) in [6.07, 6.45) is 0. The van der Waals surface area contributed by atoms with E-state index in [1.807, 2.05) is 17.4 Å². The molecule has 0 nitrogen and oxygen atoms in total. The highest BCUT2D eigenvalue weighted by molar-refractivity contribution is 7.25. The normalized spacial score (nSPS) is 15.1. The van der Waals surface area contributed by atoms with E-state index in [2.05, 4.69) is 62.4 Å². The van der Waals surface area contributed by atoms with E-state index in [-0.39, 0.29) is 5.41 Å². The van der Waals surface area contributed by atoms with Gasteiger partial charge in [-0.3, -0.25) is 0 Å². The van der Waals surface area contributed by atoms with Crippen molar-refractivity contribution in [3.8, 4) is 11.1 Å². The molecule has 0 amide bonds. The number of rotatable bonds is 0. The minimum atomic E-state index is -0.00138. The van der Waals surface area contributed by atoms with Crippen LogP contribution in [0.2, 0.25) is 5.02 Å². The summed E-state index contributed by atoms with van der Waals surface area (Å²) < 4.78 is 2.73. The molecule has 2 heteroatoms. The van der Waals surface area contributed by atoms with Crippen LogP contribution in [0.15, 0.2) is 54.6 Å². The molecule has 0 spiro atoms. The van der Waals surface area contributed by atoms with E-state index in [1.165, 1.54) is 42.4 Å². The van der Waals surface area contributed by atoms with Crippen molar-refractivity contribution in [3.05, 3.63) is 70.7 Å². The lowest BCUT2D eigenvalue weighted by atomic mass is 9.80. The van der Waals surface area contributed by atoms with Gasteiger partial charge in [-0.1, -0.05) is 55.8 Å². The summed E-state index contributed by atoms with van der Waals surface area (Å²) in [6.45, 7) is 4.66. The van der Waals surface area contributed by atoms with Gasteiger partial charge in [-0.15, -0.1) is 11.3 Å². The quantitative estimate of drug-likeness (QED) is 0.324. The number of hydrogen-bond acceptors (Lipinski definition) is 1. The van der Waals surface area contributed by atoms with Crippen LogP contribution in [0.1, 0.15) is 25.0 Å². The standard InChI is InChI=1S/C21H15ClS/c1-21(2)16-9-7-12(22)11-15(16)13-8-10-18-19(20(13)21)14-5-3-4-6-17(14)23-18/h3-11H,1-2H3. The van der Waals surface area contributed by atoms with E-state index < -0.39 is 0 Å². The largest absolute Gasteiger partial charge is 0.135 e. The fourth-order valence-electron chi connectivity index (χ4n) is 4.11. The van der Waals surface area contributed by atoms with Gasteiger partial charge in [0.2, 0.25) is 0 Å². The van der Waals surface area contributed by atoms with Gasteiger partial charge in [0.05, 0.1) is 0 Å². The summed E-state index contributed by atoms with van der Waals surface area (Å²) >= 11 is 8.16. The molecule has 0 unspecified atom stereocenters. The van der Waals surface area contributed by atoms with Crippen LogP contribution in [-0.4, -0.2) is 0 Å². The highest BCUT2D eigenvalue weighted by Gasteiger charge is 2.37. The Bertz CT molecular complexity index is 1100. The Morgan fingerprint density at radius 3 is 2.57 bits per heavy atom. The summed E-state index contributed by atoms with van der Waals surface area (Å²) in [5, 5.41) is 3.60. The smallest absolute Gasteiger partial charge is 0.0412 e. The van der Waals surface area contributed by atoms with E-state index in [4.69, 9.17) is 11.6 Å². The zero-order chi connectivity index (χ0) is 15.8. The molecule has 112 valence electrons. The molecule has 0 saturated carbocycles. The zero-order valence-electron chi connectivity index (χ0n) is 13.0. The van der Waals surface area contributed by atoms with Crippen molar-refractivity contribution in [3.63, 3.8) is 0 Å². The van der Waals surface area contributed by atoms with Gasteiger partial charge in [0, 0.05) is 30.6 Å². The molecule has 23 heavy (non-hydrogen) atoms. The molecule has 0 saturated heterocycles. The van der Waals surface area contributed by atoms with Crippen molar-refractivity contribution in [2.75, 3.05) is 0 Å². The molecule has 1 aliphatic rings. The molecule has 0 radical (unpaired) electrons. The second kappa shape index (κ2) is 4.37. The Labute approximate surface area is 144 Å². The monoisotopic (exact) mass is 334 g/mol. The maximum Gasteiger partial charge on any atom is 0.0412 e. The van der Waals surface area contributed by atoms with Crippen molar-refractivity contribution in [1.82, 2.24) is 0 Å². The van der Waals surface area contributed by atoms with E-state index in [0.717, 1.165) is 5.02 Å². The molecule has 0 bridgehead atoms. The summed E-state index contributed by atoms with van der Waals surface area (Å²) in [5.74, 6) is 0. The highest BCUT2D eigenvalue weighted by Crippen LogP contribution is 2.54. The predicted octanol–water partition coefficient (Wildman–Crippen LogP) is 7.01. The zero-order valence-corrected chi connectivity index (χ0v) is 14.6. The molecule has 1 heterocycles. The van der Waals surface area contributed by atoms with Gasteiger partial charge in [-0.2, -0.15) is 0 Å². The maximum atomic E-state index is 6.28. The van der Waals surface area contributed by atoms with Crippen LogP contribution >= 0.6 is 22.9 Å². The Morgan fingerprint density at radius 1 is 0.870 bits per heavy atom. The van der Waals surface area contributed by atoms with Gasteiger partial charge >= 0.3 is 0 Å². The highest BCUT2D eigenvalue weighted by atomic mass is 35.5. The minimum absolute atomic E-state index is 0.00138. The topological polar surface area (TPSA) is 0 Å². The van der Waals surface area contributed by atoms with Crippen LogP contribution in [0.5, 0.6) is 0 Å². The van der Waals surface area contributed by atoms with Crippen molar-refractivity contribution >= 4 is 43.1 Å². The average molecular weight is 335 g/mol. The van der Waals surface area contributed by atoms with E-state index in [0.29, 0.717) is 0 Å².